The van der Waals surface area contributed by atoms with Crippen molar-refractivity contribution in [2.75, 3.05) is 13.2 Å². The van der Waals surface area contributed by atoms with Crippen molar-refractivity contribution in [2.45, 2.75) is 32.5 Å². The minimum Gasteiger partial charge on any atom is -0.350 e. The Morgan fingerprint density at radius 1 is 1.00 bits per heavy atom. The monoisotopic (exact) mass is 142 g/mol. The molecule has 0 atom stereocenters. The summed E-state index contributed by atoms with van der Waals surface area (Å²) in [5.41, 5.74) is 0.440. The maximum Gasteiger partial charge on any atom is 0.162 e. The number of rotatable bonds is 0. The first kappa shape index (κ1) is 6.62. The lowest BCUT2D eigenvalue weighted by Gasteiger charge is -2.35. The van der Waals surface area contributed by atoms with Crippen molar-refractivity contribution in [3.63, 3.8) is 0 Å². The normalized spacial score (nSPS) is 34.2. The van der Waals surface area contributed by atoms with Gasteiger partial charge < -0.3 is 9.47 Å². The van der Waals surface area contributed by atoms with Crippen LogP contribution in [0.4, 0.5) is 0 Å². The highest BCUT2D eigenvalue weighted by Crippen LogP contribution is 2.49. The molecule has 1 aliphatic heterocycles. The lowest BCUT2D eigenvalue weighted by Crippen LogP contribution is -2.40. The Bertz CT molecular complexity index is 129. The Balaban J connectivity index is 1.95. The predicted molar refractivity (Wildman–Crippen MR) is 37.6 cm³/mol. The molecule has 0 bridgehead atoms. The van der Waals surface area contributed by atoms with E-state index in [1.54, 1.807) is 0 Å². The molecule has 0 aromatic heterocycles. The molecule has 1 saturated carbocycles. The van der Waals surface area contributed by atoms with E-state index in [1.807, 2.05) is 13.8 Å². The maximum absolute atomic E-state index is 5.52. The summed E-state index contributed by atoms with van der Waals surface area (Å²) in [6.07, 6.45) is 2.59. The van der Waals surface area contributed by atoms with Gasteiger partial charge in [0.25, 0.3) is 0 Å². The van der Waals surface area contributed by atoms with E-state index < -0.39 is 0 Å². The zero-order valence-corrected chi connectivity index (χ0v) is 6.64. The second-order valence-electron chi connectivity index (χ2n) is 3.98. The molecule has 1 saturated heterocycles. The van der Waals surface area contributed by atoms with E-state index >= 15 is 0 Å². The van der Waals surface area contributed by atoms with Gasteiger partial charge in [-0.05, 0) is 26.7 Å². The molecular formula is C8H14O2. The molecule has 0 aromatic carbocycles. The summed E-state index contributed by atoms with van der Waals surface area (Å²) in [5.74, 6) is -0.326. The largest absolute Gasteiger partial charge is 0.350 e. The Hall–Kier alpha value is -0.0800. The van der Waals surface area contributed by atoms with E-state index in [2.05, 4.69) is 0 Å². The van der Waals surface area contributed by atoms with Crippen LogP contribution in [-0.4, -0.2) is 19.0 Å². The Morgan fingerprint density at radius 3 is 1.90 bits per heavy atom. The van der Waals surface area contributed by atoms with Crippen molar-refractivity contribution in [3.8, 4) is 0 Å². The van der Waals surface area contributed by atoms with Gasteiger partial charge in [0.15, 0.2) is 5.79 Å². The van der Waals surface area contributed by atoms with Crippen molar-refractivity contribution < 1.29 is 9.47 Å². The molecule has 1 heterocycles. The fourth-order valence-corrected chi connectivity index (χ4v) is 1.20. The second-order valence-corrected chi connectivity index (χ2v) is 3.98. The molecular weight excluding hydrogens is 128 g/mol. The lowest BCUT2D eigenvalue weighted by molar-refractivity contribution is -0.267. The minimum absolute atomic E-state index is 0.326. The molecule has 2 rings (SSSR count). The highest BCUT2D eigenvalue weighted by Gasteiger charge is 2.48. The van der Waals surface area contributed by atoms with Gasteiger partial charge in [-0.3, -0.25) is 0 Å². The van der Waals surface area contributed by atoms with Crippen LogP contribution in [0.5, 0.6) is 0 Å². The van der Waals surface area contributed by atoms with Gasteiger partial charge in [-0.2, -0.15) is 0 Å². The summed E-state index contributed by atoms with van der Waals surface area (Å²) in [6, 6.07) is 0. The smallest absolute Gasteiger partial charge is 0.162 e. The molecule has 1 aliphatic carbocycles. The first-order chi connectivity index (χ1) is 4.62. The maximum atomic E-state index is 5.52. The second kappa shape index (κ2) is 1.74. The van der Waals surface area contributed by atoms with Crippen LogP contribution in [-0.2, 0) is 9.47 Å². The Kier molecular flexibility index (Phi) is 1.15. The van der Waals surface area contributed by atoms with E-state index in [4.69, 9.17) is 9.47 Å². The molecule has 1 spiro atoms. The quantitative estimate of drug-likeness (QED) is 0.511. The zero-order chi connectivity index (χ0) is 7.24. The number of ether oxygens (including phenoxy) is 2. The molecule has 0 aromatic rings. The van der Waals surface area contributed by atoms with Crippen molar-refractivity contribution in [1.82, 2.24) is 0 Å². The van der Waals surface area contributed by atoms with E-state index in [-0.39, 0.29) is 5.79 Å². The molecule has 0 radical (unpaired) electrons. The van der Waals surface area contributed by atoms with E-state index in [9.17, 15) is 0 Å². The van der Waals surface area contributed by atoms with Crippen molar-refractivity contribution >= 4 is 0 Å². The molecule has 58 valence electrons. The third-order valence-electron chi connectivity index (χ3n) is 2.41. The summed E-state index contributed by atoms with van der Waals surface area (Å²) in [7, 11) is 0. The fraction of sp³-hybridized carbons (Fsp3) is 1.00. The van der Waals surface area contributed by atoms with Crippen LogP contribution in [0.15, 0.2) is 0 Å². The van der Waals surface area contributed by atoms with Crippen LogP contribution >= 0.6 is 0 Å². The van der Waals surface area contributed by atoms with Crippen molar-refractivity contribution in [1.29, 1.82) is 0 Å². The van der Waals surface area contributed by atoms with Gasteiger partial charge in [0.05, 0.1) is 13.2 Å². The Labute approximate surface area is 61.5 Å². The first-order valence-electron chi connectivity index (χ1n) is 3.90. The molecule has 2 fully saturated rings. The average Bonchev–Trinajstić information content (AvgIpc) is 2.60. The summed E-state index contributed by atoms with van der Waals surface area (Å²) >= 11 is 0. The molecule has 0 N–H and O–H groups in total. The molecule has 2 nitrogen and oxygen atoms in total. The van der Waals surface area contributed by atoms with Crippen LogP contribution in [0.2, 0.25) is 0 Å². The van der Waals surface area contributed by atoms with Crippen LogP contribution in [0, 0.1) is 5.41 Å². The highest BCUT2D eigenvalue weighted by molar-refractivity contribution is 4.95. The van der Waals surface area contributed by atoms with E-state index in [0.717, 1.165) is 13.2 Å². The van der Waals surface area contributed by atoms with Crippen molar-refractivity contribution in [2.24, 2.45) is 5.41 Å². The van der Waals surface area contributed by atoms with Crippen LogP contribution in [0.25, 0.3) is 0 Å². The number of hydrogen-bond donors (Lipinski definition) is 0. The van der Waals surface area contributed by atoms with Crippen molar-refractivity contribution in [3.05, 3.63) is 0 Å². The fourth-order valence-electron chi connectivity index (χ4n) is 1.20. The average molecular weight is 142 g/mol. The molecule has 2 heteroatoms. The predicted octanol–water partition coefficient (Wildman–Crippen LogP) is 1.55. The zero-order valence-electron chi connectivity index (χ0n) is 6.64. The summed E-state index contributed by atoms with van der Waals surface area (Å²) in [5, 5.41) is 0. The standard InChI is InChI=1S/C8H14O2/c1-7(2)9-5-8(3-4-8)6-10-7/h3-6H2,1-2H3. The van der Waals surface area contributed by atoms with Crippen LogP contribution < -0.4 is 0 Å². The molecule has 10 heavy (non-hydrogen) atoms. The summed E-state index contributed by atoms with van der Waals surface area (Å²) < 4.78 is 11.0. The molecule has 2 aliphatic rings. The van der Waals surface area contributed by atoms with Gasteiger partial charge in [-0.25, -0.2) is 0 Å². The summed E-state index contributed by atoms with van der Waals surface area (Å²) in [6.45, 7) is 5.75. The minimum atomic E-state index is -0.326. The topological polar surface area (TPSA) is 18.5 Å². The van der Waals surface area contributed by atoms with E-state index in [0.29, 0.717) is 5.41 Å². The third-order valence-corrected chi connectivity index (χ3v) is 2.41. The Morgan fingerprint density at radius 2 is 1.50 bits per heavy atom. The first-order valence-corrected chi connectivity index (χ1v) is 3.90. The third kappa shape index (κ3) is 1.06. The van der Waals surface area contributed by atoms with Gasteiger partial charge in [-0.1, -0.05) is 0 Å². The summed E-state index contributed by atoms with van der Waals surface area (Å²) in [4.78, 5) is 0. The molecule has 0 unspecified atom stereocenters. The van der Waals surface area contributed by atoms with Gasteiger partial charge in [0, 0.05) is 5.41 Å². The lowest BCUT2D eigenvalue weighted by atomic mass is 10.1. The van der Waals surface area contributed by atoms with Crippen LogP contribution in [0.3, 0.4) is 0 Å². The SMILES string of the molecule is CC1(C)OCC2(CC2)CO1. The molecule has 0 amide bonds. The van der Waals surface area contributed by atoms with E-state index in [1.165, 1.54) is 12.8 Å². The van der Waals surface area contributed by atoms with Gasteiger partial charge in [0.1, 0.15) is 0 Å². The van der Waals surface area contributed by atoms with Gasteiger partial charge in [-0.15, -0.1) is 0 Å². The van der Waals surface area contributed by atoms with Gasteiger partial charge >= 0.3 is 0 Å². The number of hydrogen-bond acceptors (Lipinski definition) is 2. The highest BCUT2D eigenvalue weighted by atomic mass is 16.7. The van der Waals surface area contributed by atoms with Gasteiger partial charge in [0.2, 0.25) is 0 Å². The van der Waals surface area contributed by atoms with Crippen LogP contribution in [0.1, 0.15) is 26.7 Å².